The molecule has 18 heavy (non-hydrogen) atoms. The largest absolute Gasteiger partial charge is 0.397 e. The number of halogens is 1. The lowest BCUT2D eigenvalue weighted by Crippen LogP contribution is -2.30. The number of nitrogens with zero attached hydrogens (tertiary/aromatic N) is 1. The average molecular weight is 310 g/mol. The molecule has 0 amide bonds. The Morgan fingerprint density at radius 3 is 2.89 bits per heavy atom. The maximum absolute atomic E-state index is 5.71. The summed E-state index contributed by atoms with van der Waals surface area (Å²) in [5, 5.41) is 3.55. The van der Waals surface area contributed by atoms with Crippen molar-refractivity contribution in [2.75, 3.05) is 11.1 Å². The SMILES string of the molecule is CC(Nc1ncc(N)cc1Br)C1CC2CCC1C2. The van der Waals surface area contributed by atoms with E-state index in [1.54, 1.807) is 6.20 Å². The minimum absolute atomic E-state index is 0.493. The lowest BCUT2D eigenvalue weighted by atomic mass is 9.84. The van der Waals surface area contributed by atoms with Gasteiger partial charge in [-0.05, 0) is 65.9 Å². The Labute approximate surface area is 117 Å². The quantitative estimate of drug-likeness (QED) is 0.896. The number of hydrogen-bond acceptors (Lipinski definition) is 3. The zero-order valence-corrected chi connectivity index (χ0v) is 12.3. The molecule has 0 saturated heterocycles. The van der Waals surface area contributed by atoms with Crippen LogP contribution in [0.2, 0.25) is 0 Å². The van der Waals surface area contributed by atoms with Crippen LogP contribution in [-0.2, 0) is 0 Å². The molecule has 4 unspecified atom stereocenters. The van der Waals surface area contributed by atoms with Gasteiger partial charge in [0, 0.05) is 6.04 Å². The van der Waals surface area contributed by atoms with Gasteiger partial charge >= 0.3 is 0 Å². The molecule has 2 aliphatic rings. The van der Waals surface area contributed by atoms with Crippen molar-refractivity contribution in [2.45, 2.75) is 38.6 Å². The summed E-state index contributed by atoms with van der Waals surface area (Å²) in [7, 11) is 0. The molecule has 0 spiro atoms. The zero-order chi connectivity index (χ0) is 12.7. The van der Waals surface area contributed by atoms with Gasteiger partial charge in [-0.1, -0.05) is 6.42 Å². The second kappa shape index (κ2) is 4.72. The third-order valence-electron chi connectivity index (χ3n) is 4.66. The number of fused-ring (bicyclic) bond motifs is 2. The Morgan fingerprint density at radius 2 is 2.28 bits per heavy atom. The molecule has 4 atom stereocenters. The van der Waals surface area contributed by atoms with E-state index in [4.69, 9.17) is 5.73 Å². The van der Waals surface area contributed by atoms with E-state index in [0.717, 1.165) is 28.0 Å². The van der Waals surface area contributed by atoms with Crippen LogP contribution in [0.5, 0.6) is 0 Å². The highest BCUT2D eigenvalue weighted by molar-refractivity contribution is 9.10. The van der Waals surface area contributed by atoms with E-state index in [2.05, 4.69) is 33.2 Å². The second-order valence-electron chi connectivity index (χ2n) is 5.87. The highest BCUT2D eigenvalue weighted by Crippen LogP contribution is 2.49. The highest BCUT2D eigenvalue weighted by atomic mass is 79.9. The van der Waals surface area contributed by atoms with Crippen molar-refractivity contribution in [3.8, 4) is 0 Å². The van der Waals surface area contributed by atoms with Crippen molar-refractivity contribution in [1.29, 1.82) is 0 Å². The number of nitrogens with two attached hydrogens (primary N) is 1. The molecule has 3 N–H and O–H groups in total. The van der Waals surface area contributed by atoms with Gasteiger partial charge < -0.3 is 11.1 Å². The fourth-order valence-electron chi connectivity index (χ4n) is 3.79. The van der Waals surface area contributed by atoms with Crippen molar-refractivity contribution in [2.24, 2.45) is 17.8 Å². The number of aromatic nitrogens is 1. The number of rotatable bonds is 3. The van der Waals surface area contributed by atoms with E-state index in [-0.39, 0.29) is 0 Å². The van der Waals surface area contributed by atoms with E-state index in [0.29, 0.717) is 11.7 Å². The van der Waals surface area contributed by atoms with Gasteiger partial charge in [0.2, 0.25) is 0 Å². The zero-order valence-electron chi connectivity index (χ0n) is 10.7. The van der Waals surface area contributed by atoms with Crippen molar-refractivity contribution < 1.29 is 0 Å². The molecule has 0 aromatic carbocycles. The predicted octanol–water partition coefficient (Wildman–Crippen LogP) is 3.66. The van der Waals surface area contributed by atoms with E-state index < -0.39 is 0 Å². The minimum Gasteiger partial charge on any atom is -0.397 e. The fraction of sp³-hybridized carbons (Fsp3) is 0.643. The van der Waals surface area contributed by atoms with Gasteiger partial charge in [0.1, 0.15) is 5.82 Å². The third-order valence-corrected chi connectivity index (χ3v) is 5.27. The number of hydrogen-bond donors (Lipinski definition) is 2. The molecule has 4 heteroatoms. The molecule has 0 radical (unpaired) electrons. The molecule has 0 aliphatic heterocycles. The van der Waals surface area contributed by atoms with Crippen LogP contribution in [0.4, 0.5) is 11.5 Å². The summed E-state index contributed by atoms with van der Waals surface area (Å²) in [5.41, 5.74) is 6.40. The summed E-state index contributed by atoms with van der Waals surface area (Å²) in [6.45, 7) is 2.29. The van der Waals surface area contributed by atoms with Crippen LogP contribution in [0.15, 0.2) is 16.7 Å². The predicted molar refractivity (Wildman–Crippen MR) is 78.4 cm³/mol. The lowest BCUT2D eigenvalue weighted by molar-refractivity contribution is 0.304. The molecule has 2 aliphatic carbocycles. The van der Waals surface area contributed by atoms with Gasteiger partial charge in [-0.3, -0.25) is 0 Å². The number of nitrogens with one attached hydrogen (secondary N) is 1. The van der Waals surface area contributed by atoms with E-state index >= 15 is 0 Å². The van der Waals surface area contributed by atoms with Crippen molar-refractivity contribution in [3.05, 3.63) is 16.7 Å². The van der Waals surface area contributed by atoms with Crippen LogP contribution >= 0.6 is 15.9 Å². The second-order valence-corrected chi connectivity index (χ2v) is 6.73. The molecular formula is C14H20BrN3. The van der Waals surface area contributed by atoms with Gasteiger partial charge in [-0.15, -0.1) is 0 Å². The summed E-state index contributed by atoms with van der Waals surface area (Å²) in [6, 6.07) is 2.40. The first-order chi connectivity index (χ1) is 8.63. The minimum atomic E-state index is 0.493. The normalized spacial score (nSPS) is 31.6. The first-order valence-corrected chi connectivity index (χ1v) is 7.60. The van der Waals surface area contributed by atoms with Crippen molar-refractivity contribution >= 4 is 27.4 Å². The molecule has 1 aromatic heterocycles. The molecule has 1 heterocycles. The topological polar surface area (TPSA) is 50.9 Å². The molecule has 3 rings (SSSR count). The van der Waals surface area contributed by atoms with Crippen molar-refractivity contribution in [3.63, 3.8) is 0 Å². The Bertz CT molecular complexity index is 449. The van der Waals surface area contributed by atoms with Crippen LogP contribution in [0.1, 0.15) is 32.6 Å². The van der Waals surface area contributed by atoms with Gasteiger partial charge in [0.25, 0.3) is 0 Å². The first-order valence-electron chi connectivity index (χ1n) is 6.81. The molecule has 2 fully saturated rings. The standard InChI is InChI=1S/C14H20BrN3/c1-8(12-5-9-2-3-10(12)4-9)18-14-13(15)6-11(16)7-17-14/h6-10,12H,2-5,16H2,1H3,(H,17,18). The van der Waals surface area contributed by atoms with Gasteiger partial charge in [-0.2, -0.15) is 0 Å². The third kappa shape index (κ3) is 2.22. The van der Waals surface area contributed by atoms with Crippen LogP contribution in [0.3, 0.4) is 0 Å². The maximum Gasteiger partial charge on any atom is 0.140 e. The molecule has 1 aromatic rings. The van der Waals surface area contributed by atoms with Crippen LogP contribution in [0.25, 0.3) is 0 Å². The van der Waals surface area contributed by atoms with Gasteiger partial charge in [0.15, 0.2) is 0 Å². The molecule has 2 saturated carbocycles. The monoisotopic (exact) mass is 309 g/mol. The molecule has 3 nitrogen and oxygen atoms in total. The van der Waals surface area contributed by atoms with Gasteiger partial charge in [-0.25, -0.2) is 4.98 Å². The number of nitrogen functional groups attached to an aromatic ring is 1. The summed E-state index contributed by atoms with van der Waals surface area (Å²) in [5.74, 6) is 3.66. The first kappa shape index (κ1) is 12.3. The van der Waals surface area contributed by atoms with Crippen LogP contribution in [0, 0.1) is 17.8 Å². The van der Waals surface area contributed by atoms with Gasteiger partial charge in [0.05, 0.1) is 16.4 Å². The molecule has 2 bridgehead atoms. The fourth-order valence-corrected chi connectivity index (χ4v) is 4.27. The van der Waals surface area contributed by atoms with Crippen LogP contribution < -0.4 is 11.1 Å². The van der Waals surface area contributed by atoms with Crippen LogP contribution in [-0.4, -0.2) is 11.0 Å². The smallest absolute Gasteiger partial charge is 0.140 e. The maximum atomic E-state index is 5.71. The lowest BCUT2D eigenvalue weighted by Gasteiger charge is -2.29. The Balaban J connectivity index is 1.69. The van der Waals surface area contributed by atoms with E-state index in [1.165, 1.54) is 25.7 Å². The molecule has 98 valence electrons. The number of pyridine rings is 1. The van der Waals surface area contributed by atoms with E-state index in [1.807, 2.05) is 6.07 Å². The molecular weight excluding hydrogens is 290 g/mol. The number of anilines is 2. The summed E-state index contributed by atoms with van der Waals surface area (Å²) in [4.78, 5) is 4.37. The summed E-state index contributed by atoms with van der Waals surface area (Å²) >= 11 is 3.52. The Kier molecular flexibility index (Phi) is 3.22. The Morgan fingerprint density at radius 1 is 1.44 bits per heavy atom. The highest BCUT2D eigenvalue weighted by Gasteiger charge is 2.41. The Hall–Kier alpha value is -0.770. The summed E-state index contributed by atoms with van der Waals surface area (Å²) in [6.07, 6.45) is 7.44. The summed E-state index contributed by atoms with van der Waals surface area (Å²) < 4.78 is 0.956. The van der Waals surface area contributed by atoms with E-state index in [9.17, 15) is 0 Å². The average Bonchev–Trinajstić information content (AvgIpc) is 2.94. The van der Waals surface area contributed by atoms with Crippen molar-refractivity contribution in [1.82, 2.24) is 4.98 Å².